The zero-order chi connectivity index (χ0) is 18.4. The summed E-state index contributed by atoms with van der Waals surface area (Å²) in [6.07, 6.45) is 1.79. The van der Waals surface area contributed by atoms with Crippen molar-refractivity contribution in [2.75, 3.05) is 5.32 Å². The number of carbonyl (C=O) groups excluding carboxylic acids is 2. The number of hydrogen-bond acceptors (Lipinski definition) is 3. The maximum Gasteiger partial charge on any atom is 0.331 e. The Morgan fingerprint density at radius 1 is 1.12 bits per heavy atom. The van der Waals surface area contributed by atoms with Gasteiger partial charge in [0.25, 0.3) is 5.91 Å². The van der Waals surface area contributed by atoms with Gasteiger partial charge < -0.3 is 10.1 Å². The number of benzene rings is 2. The van der Waals surface area contributed by atoms with Gasteiger partial charge in [-0.2, -0.15) is 0 Å². The van der Waals surface area contributed by atoms with Gasteiger partial charge in [0.1, 0.15) is 0 Å². The van der Waals surface area contributed by atoms with Crippen molar-refractivity contribution < 1.29 is 14.3 Å². The second-order valence-corrected chi connectivity index (χ2v) is 6.28. The predicted molar refractivity (Wildman–Crippen MR) is 101 cm³/mol. The third-order valence-corrected chi connectivity index (χ3v) is 3.91. The zero-order valence-corrected chi connectivity index (χ0v) is 15.3. The van der Waals surface area contributed by atoms with Crippen molar-refractivity contribution in [1.82, 2.24) is 0 Å². The molecule has 0 fully saturated rings. The quantitative estimate of drug-likeness (QED) is 0.596. The largest absolute Gasteiger partial charge is 0.449 e. The van der Waals surface area contributed by atoms with Crippen molar-refractivity contribution in [3.05, 3.63) is 69.7 Å². The molecular formula is C19H17Cl2NO3. The highest BCUT2D eigenvalue weighted by atomic mass is 35.5. The number of amides is 1. The molecule has 4 nitrogen and oxygen atoms in total. The highest BCUT2D eigenvalue weighted by molar-refractivity contribution is 6.35. The molecule has 0 saturated carbocycles. The Hall–Kier alpha value is -2.30. The summed E-state index contributed by atoms with van der Waals surface area (Å²) in [4.78, 5) is 23.9. The van der Waals surface area contributed by atoms with Gasteiger partial charge in [-0.3, -0.25) is 4.79 Å². The topological polar surface area (TPSA) is 55.4 Å². The van der Waals surface area contributed by atoms with Gasteiger partial charge in [-0.05, 0) is 49.8 Å². The lowest BCUT2D eigenvalue weighted by Crippen LogP contribution is -2.29. The van der Waals surface area contributed by atoms with E-state index in [9.17, 15) is 9.59 Å². The Kier molecular flexibility index (Phi) is 6.62. The fraction of sp³-hybridized carbons (Fsp3) is 0.158. The van der Waals surface area contributed by atoms with Crippen molar-refractivity contribution in [1.29, 1.82) is 0 Å². The van der Waals surface area contributed by atoms with Gasteiger partial charge in [0.2, 0.25) is 0 Å². The third kappa shape index (κ3) is 5.93. The van der Waals surface area contributed by atoms with Crippen LogP contribution >= 0.6 is 23.2 Å². The molecule has 0 saturated heterocycles. The Bertz CT molecular complexity index is 801. The minimum absolute atomic E-state index is 0.407. The van der Waals surface area contributed by atoms with Crippen LogP contribution in [0.25, 0.3) is 6.08 Å². The molecule has 0 spiro atoms. The van der Waals surface area contributed by atoms with E-state index in [4.69, 9.17) is 27.9 Å². The minimum Gasteiger partial charge on any atom is -0.449 e. The predicted octanol–water partition coefficient (Wildman–Crippen LogP) is 4.89. The van der Waals surface area contributed by atoms with Gasteiger partial charge in [-0.25, -0.2) is 4.79 Å². The molecule has 2 rings (SSSR count). The Labute approximate surface area is 156 Å². The van der Waals surface area contributed by atoms with Crippen LogP contribution in [0.3, 0.4) is 0 Å². The van der Waals surface area contributed by atoms with Crippen LogP contribution in [0.2, 0.25) is 10.0 Å². The average molecular weight is 378 g/mol. The summed E-state index contributed by atoms with van der Waals surface area (Å²) in [7, 11) is 0. The summed E-state index contributed by atoms with van der Waals surface area (Å²) in [5, 5.41) is 3.61. The van der Waals surface area contributed by atoms with Crippen LogP contribution in [0.4, 0.5) is 5.69 Å². The summed E-state index contributed by atoms with van der Waals surface area (Å²) < 4.78 is 5.09. The van der Waals surface area contributed by atoms with E-state index in [0.717, 1.165) is 5.56 Å². The molecule has 0 bridgehead atoms. The number of hydrogen-bond donors (Lipinski definition) is 1. The lowest BCUT2D eigenvalue weighted by Gasteiger charge is -2.12. The number of ether oxygens (including phenoxy) is 1. The van der Waals surface area contributed by atoms with Gasteiger partial charge in [0.15, 0.2) is 6.10 Å². The number of nitrogens with one attached hydrogen (secondary N) is 1. The molecule has 0 heterocycles. The van der Waals surface area contributed by atoms with Crippen LogP contribution < -0.4 is 5.32 Å². The van der Waals surface area contributed by atoms with Crippen molar-refractivity contribution in [3.8, 4) is 0 Å². The maximum atomic E-state index is 12.1. The number of halogens is 2. The second kappa shape index (κ2) is 8.70. The lowest BCUT2D eigenvalue weighted by atomic mass is 10.2. The Morgan fingerprint density at radius 2 is 1.80 bits per heavy atom. The summed E-state index contributed by atoms with van der Waals surface area (Å²) >= 11 is 11.8. The number of esters is 1. The summed E-state index contributed by atoms with van der Waals surface area (Å²) in [5.41, 5.74) is 2.35. The van der Waals surface area contributed by atoms with Gasteiger partial charge in [0, 0.05) is 21.8 Å². The van der Waals surface area contributed by atoms with Crippen LogP contribution in [0.1, 0.15) is 18.1 Å². The van der Waals surface area contributed by atoms with E-state index in [1.54, 1.807) is 30.3 Å². The molecule has 2 aromatic carbocycles. The van der Waals surface area contributed by atoms with Crippen LogP contribution in [-0.4, -0.2) is 18.0 Å². The number of aryl methyl sites for hydroxylation is 1. The molecule has 1 amide bonds. The van der Waals surface area contributed by atoms with E-state index in [1.165, 1.54) is 19.1 Å². The average Bonchev–Trinajstić information content (AvgIpc) is 2.56. The molecule has 2 aromatic rings. The molecule has 0 unspecified atom stereocenters. The van der Waals surface area contributed by atoms with Gasteiger partial charge in [0.05, 0.1) is 0 Å². The van der Waals surface area contributed by atoms with Gasteiger partial charge in [-0.1, -0.05) is 47.0 Å². The number of carbonyl (C=O) groups is 2. The minimum atomic E-state index is -0.931. The van der Waals surface area contributed by atoms with E-state index >= 15 is 0 Å². The first-order valence-corrected chi connectivity index (χ1v) is 8.32. The highest BCUT2D eigenvalue weighted by Crippen LogP contribution is 2.22. The first-order valence-electron chi connectivity index (χ1n) is 7.56. The molecule has 6 heteroatoms. The third-order valence-electron chi connectivity index (χ3n) is 3.34. The molecular weight excluding hydrogens is 361 g/mol. The van der Waals surface area contributed by atoms with E-state index in [0.29, 0.717) is 21.3 Å². The van der Waals surface area contributed by atoms with E-state index < -0.39 is 18.0 Å². The molecule has 0 radical (unpaired) electrons. The fourth-order valence-corrected chi connectivity index (χ4v) is 2.41. The van der Waals surface area contributed by atoms with E-state index in [1.807, 2.05) is 19.1 Å². The monoisotopic (exact) mass is 377 g/mol. The Morgan fingerprint density at radius 3 is 2.44 bits per heavy atom. The van der Waals surface area contributed by atoms with Crippen LogP contribution in [0, 0.1) is 6.92 Å². The molecule has 0 aliphatic carbocycles. The molecule has 0 aromatic heterocycles. The van der Waals surface area contributed by atoms with Gasteiger partial charge >= 0.3 is 5.97 Å². The molecule has 1 atom stereocenters. The van der Waals surface area contributed by atoms with Gasteiger partial charge in [-0.15, -0.1) is 0 Å². The number of rotatable bonds is 5. The molecule has 1 N–H and O–H groups in total. The lowest BCUT2D eigenvalue weighted by molar-refractivity contribution is -0.148. The Balaban J connectivity index is 1.91. The fourth-order valence-electron chi connectivity index (χ4n) is 1.94. The molecule has 0 aliphatic rings. The van der Waals surface area contributed by atoms with Crippen molar-refractivity contribution in [2.45, 2.75) is 20.0 Å². The van der Waals surface area contributed by atoms with Crippen LogP contribution in [-0.2, 0) is 14.3 Å². The maximum absolute atomic E-state index is 12.1. The first kappa shape index (κ1) is 19.0. The summed E-state index contributed by atoms with van der Waals surface area (Å²) in [5.74, 6) is -1.05. The van der Waals surface area contributed by atoms with Crippen molar-refractivity contribution in [2.24, 2.45) is 0 Å². The molecule has 130 valence electrons. The standard InChI is InChI=1S/C19H17Cl2NO3/c1-12-3-8-16(9-4-12)22-19(24)13(2)25-18(23)10-6-14-5-7-15(20)11-17(14)21/h3-11,13H,1-2H3,(H,22,24)/b10-6+/t13-/m0/s1. The first-order chi connectivity index (χ1) is 11.8. The van der Waals surface area contributed by atoms with Crippen LogP contribution in [0.15, 0.2) is 48.5 Å². The van der Waals surface area contributed by atoms with Crippen LogP contribution in [0.5, 0.6) is 0 Å². The highest BCUT2D eigenvalue weighted by Gasteiger charge is 2.16. The van der Waals surface area contributed by atoms with Crippen molar-refractivity contribution in [3.63, 3.8) is 0 Å². The zero-order valence-electron chi connectivity index (χ0n) is 13.8. The number of anilines is 1. The summed E-state index contributed by atoms with van der Waals surface area (Å²) in [6.45, 7) is 3.46. The SMILES string of the molecule is Cc1ccc(NC(=O)[C@H](C)OC(=O)/C=C/c2ccc(Cl)cc2Cl)cc1. The van der Waals surface area contributed by atoms with E-state index in [-0.39, 0.29) is 0 Å². The molecule has 0 aliphatic heterocycles. The summed E-state index contributed by atoms with van der Waals surface area (Å²) in [6, 6.07) is 12.2. The normalized spacial score (nSPS) is 12.0. The van der Waals surface area contributed by atoms with E-state index in [2.05, 4.69) is 5.32 Å². The smallest absolute Gasteiger partial charge is 0.331 e. The molecule has 25 heavy (non-hydrogen) atoms. The van der Waals surface area contributed by atoms with Crippen molar-refractivity contribution >= 4 is 46.8 Å². The second-order valence-electron chi connectivity index (χ2n) is 5.43.